The van der Waals surface area contributed by atoms with E-state index in [1.54, 1.807) is 11.4 Å². The molecular formula is C14H14N2O3S. The summed E-state index contributed by atoms with van der Waals surface area (Å²) in [5, 5.41) is 13.7. The normalized spacial score (nSPS) is 10.2. The molecule has 2 rings (SSSR count). The molecule has 0 aliphatic carbocycles. The SMILES string of the molecule is NC(=O)Cc1ccccc1NCc1cc(C(=O)O)cs1. The zero-order valence-corrected chi connectivity index (χ0v) is 11.4. The Balaban J connectivity index is 2.06. The van der Waals surface area contributed by atoms with E-state index in [1.807, 2.05) is 24.3 Å². The first-order valence-electron chi connectivity index (χ1n) is 5.97. The van der Waals surface area contributed by atoms with E-state index in [1.165, 1.54) is 11.3 Å². The Morgan fingerprint density at radius 1 is 1.30 bits per heavy atom. The van der Waals surface area contributed by atoms with Crippen LogP contribution in [0.25, 0.3) is 0 Å². The fourth-order valence-electron chi connectivity index (χ4n) is 1.80. The van der Waals surface area contributed by atoms with Crippen molar-refractivity contribution in [2.45, 2.75) is 13.0 Å². The summed E-state index contributed by atoms with van der Waals surface area (Å²) in [6.45, 7) is 0.508. The van der Waals surface area contributed by atoms with Gasteiger partial charge in [0.25, 0.3) is 0 Å². The summed E-state index contributed by atoms with van der Waals surface area (Å²) in [5.74, 6) is -1.31. The third kappa shape index (κ3) is 3.58. The number of rotatable bonds is 6. The van der Waals surface area contributed by atoms with Crippen LogP contribution in [-0.4, -0.2) is 17.0 Å². The van der Waals surface area contributed by atoms with Crippen LogP contribution in [0.1, 0.15) is 20.8 Å². The highest BCUT2D eigenvalue weighted by molar-refractivity contribution is 7.10. The molecule has 1 aromatic heterocycles. The Hall–Kier alpha value is -2.34. The van der Waals surface area contributed by atoms with Crippen molar-refractivity contribution in [2.75, 3.05) is 5.32 Å². The average Bonchev–Trinajstić information content (AvgIpc) is 2.86. The fraction of sp³-hybridized carbons (Fsp3) is 0.143. The quantitative estimate of drug-likeness (QED) is 0.759. The number of benzene rings is 1. The summed E-state index contributed by atoms with van der Waals surface area (Å²) in [6.07, 6.45) is 0.175. The van der Waals surface area contributed by atoms with E-state index in [-0.39, 0.29) is 17.9 Å². The predicted molar refractivity (Wildman–Crippen MR) is 77.9 cm³/mol. The molecule has 2 aromatic rings. The van der Waals surface area contributed by atoms with E-state index in [2.05, 4.69) is 5.32 Å². The zero-order chi connectivity index (χ0) is 14.5. The first-order chi connectivity index (χ1) is 9.56. The van der Waals surface area contributed by atoms with Gasteiger partial charge in [0.15, 0.2) is 0 Å². The maximum absolute atomic E-state index is 11.0. The Labute approximate surface area is 120 Å². The number of carboxylic acid groups (broad SMARTS) is 1. The first kappa shape index (κ1) is 14.1. The van der Waals surface area contributed by atoms with Crippen LogP contribution in [0.2, 0.25) is 0 Å². The van der Waals surface area contributed by atoms with Gasteiger partial charge < -0.3 is 16.2 Å². The minimum atomic E-state index is -0.929. The summed E-state index contributed by atoms with van der Waals surface area (Å²) in [7, 11) is 0. The van der Waals surface area contributed by atoms with Crippen LogP contribution in [0.5, 0.6) is 0 Å². The number of aromatic carboxylic acids is 1. The lowest BCUT2D eigenvalue weighted by Gasteiger charge is -2.10. The molecule has 0 bridgehead atoms. The fourth-order valence-corrected chi connectivity index (χ4v) is 2.60. The van der Waals surface area contributed by atoms with Gasteiger partial charge >= 0.3 is 5.97 Å². The molecular weight excluding hydrogens is 276 g/mol. The van der Waals surface area contributed by atoms with Gasteiger partial charge in [0, 0.05) is 22.5 Å². The van der Waals surface area contributed by atoms with Crippen LogP contribution in [0.15, 0.2) is 35.7 Å². The first-order valence-corrected chi connectivity index (χ1v) is 6.85. The Morgan fingerprint density at radius 3 is 2.70 bits per heavy atom. The highest BCUT2D eigenvalue weighted by Crippen LogP contribution is 2.19. The molecule has 0 saturated carbocycles. The molecule has 1 heterocycles. The predicted octanol–water partition coefficient (Wildman–Crippen LogP) is 2.09. The van der Waals surface area contributed by atoms with Gasteiger partial charge in [-0.2, -0.15) is 0 Å². The molecule has 0 fully saturated rings. The van der Waals surface area contributed by atoms with Crippen molar-refractivity contribution in [3.05, 3.63) is 51.7 Å². The maximum atomic E-state index is 11.0. The molecule has 104 valence electrons. The highest BCUT2D eigenvalue weighted by atomic mass is 32.1. The minimum absolute atomic E-state index is 0.175. The number of carbonyl (C=O) groups is 2. The number of amides is 1. The second kappa shape index (κ2) is 6.21. The van der Waals surface area contributed by atoms with Gasteiger partial charge in [-0.15, -0.1) is 11.3 Å². The van der Waals surface area contributed by atoms with Gasteiger partial charge in [0.2, 0.25) is 5.91 Å². The molecule has 0 aliphatic heterocycles. The molecule has 4 N–H and O–H groups in total. The highest BCUT2D eigenvalue weighted by Gasteiger charge is 2.08. The van der Waals surface area contributed by atoms with Gasteiger partial charge in [-0.25, -0.2) is 4.79 Å². The lowest BCUT2D eigenvalue weighted by Crippen LogP contribution is -2.15. The molecule has 6 heteroatoms. The van der Waals surface area contributed by atoms with E-state index < -0.39 is 5.97 Å². The largest absolute Gasteiger partial charge is 0.478 e. The number of nitrogens with one attached hydrogen (secondary N) is 1. The molecule has 5 nitrogen and oxygen atoms in total. The topological polar surface area (TPSA) is 92.4 Å². The van der Waals surface area contributed by atoms with Crippen molar-refractivity contribution in [2.24, 2.45) is 5.73 Å². The molecule has 0 atom stereocenters. The number of hydrogen-bond acceptors (Lipinski definition) is 4. The molecule has 0 saturated heterocycles. The van der Waals surface area contributed by atoms with Crippen molar-refractivity contribution >= 4 is 28.9 Å². The van der Waals surface area contributed by atoms with Crippen molar-refractivity contribution in [3.63, 3.8) is 0 Å². The van der Waals surface area contributed by atoms with E-state index >= 15 is 0 Å². The Morgan fingerprint density at radius 2 is 2.05 bits per heavy atom. The second-order valence-corrected chi connectivity index (χ2v) is 5.26. The van der Waals surface area contributed by atoms with Crippen molar-refractivity contribution < 1.29 is 14.7 Å². The third-order valence-electron chi connectivity index (χ3n) is 2.74. The van der Waals surface area contributed by atoms with Gasteiger partial charge in [0.1, 0.15) is 0 Å². The van der Waals surface area contributed by atoms with E-state index in [9.17, 15) is 9.59 Å². The summed E-state index contributed by atoms with van der Waals surface area (Å²) in [6, 6.07) is 9.05. The smallest absolute Gasteiger partial charge is 0.336 e. The van der Waals surface area contributed by atoms with Crippen LogP contribution in [0.3, 0.4) is 0 Å². The zero-order valence-electron chi connectivity index (χ0n) is 10.6. The van der Waals surface area contributed by atoms with Crippen molar-refractivity contribution in [3.8, 4) is 0 Å². The number of para-hydroxylation sites is 1. The maximum Gasteiger partial charge on any atom is 0.336 e. The lowest BCUT2D eigenvalue weighted by molar-refractivity contribution is -0.117. The second-order valence-electron chi connectivity index (χ2n) is 4.26. The van der Waals surface area contributed by atoms with Crippen LogP contribution < -0.4 is 11.1 Å². The lowest BCUT2D eigenvalue weighted by atomic mass is 10.1. The molecule has 0 spiro atoms. The summed E-state index contributed by atoms with van der Waals surface area (Å²) >= 11 is 1.38. The Bertz CT molecular complexity index is 637. The van der Waals surface area contributed by atoms with E-state index in [0.29, 0.717) is 6.54 Å². The summed E-state index contributed by atoms with van der Waals surface area (Å²) in [4.78, 5) is 22.7. The molecule has 1 aromatic carbocycles. The van der Waals surface area contributed by atoms with Gasteiger partial charge in [0.05, 0.1) is 12.0 Å². The summed E-state index contributed by atoms with van der Waals surface area (Å²) in [5.41, 5.74) is 7.16. The van der Waals surface area contributed by atoms with E-state index in [4.69, 9.17) is 10.8 Å². The summed E-state index contributed by atoms with van der Waals surface area (Å²) < 4.78 is 0. The third-order valence-corrected chi connectivity index (χ3v) is 3.67. The van der Waals surface area contributed by atoms with Gasteiger partial charge in [-0.1, -0.05) is 18.2 Å². The van der Waals surface area contributed by atoms with Crippen LogP contribution >= 0.6 is 11.3 Å². The molecule has 20 heavy (non-hydrogen) atoms. The molecule has 0 radical (unpaired) electrons. The van der Waals surface area contributed by atoms with Gasteiger partial charge in [-0.3, -0.25) is 4.79 Å². The van der Waals surface area contributed by atoms with Crippen molar-refractivity contribution in [1.29, 1.82) is 0 Å². The van der Waals surface area contributed by atoms with Crippen LogP contribution in [0, 0.1) is 0 Å². The van der Waals surface area contributed by atoms with Crippen LogP contribution in [0.4, 0.5) is 5.69 Å². The number of anilines is 1. The number of thiophene rings is 1. The average molecular weight is 290 g/mol. The number of primary amides is 1. The minimum Gasteiger partial charge on any atom is -0.478 e. The number of nitrogens with two attached hydrogens (primary N) is 1. The van der Waals surface area contributed by atoms with Gasteiger partial charge in [-0.05, 0) is 17.7 Å². The molecule has 0 unspecified atom stereocenters. The monoisotopic (exact) mass is 290 g/mol. The number of carboxylic acids is 1. The van der Waals surface area contributed by atoms with Crippen LogP contribution in [-0.2, 0) is 17.8 Å². The molecule has 1 amide bonds. The Kier molecular flexibility index (Phi) is 4.37. The van der Waals surface area contributed by atoms with E-state index in [0.717, 1.165) is 16.1 Å². The van der Waals surface area contributed by atoms with Crippen molar-refractivity contribution in [1.82, 2.24) is 0 Å². The number of carbonyl (C=O) groups excluding carboxylic acids is 1. The number of hydrogen-bond donors (Lipinski definition) is 3. The molecule has 0 aliphatic rings. The standard InChI is InChI=1S/C14H14N2O3S/c15-13(17)6-9-3-1-2-4-12(9)16-7-11-5-10(8-20-11)14(18)19/h1-5,8,16H,6-7H2,(H2,15,17)(H,18,19).